The summed E-state index contributed by atoms with van der Waals surface area (Å²) in [5, 5.41) is 0. The topological polar surface area (TPSA) is 21.7 Å². The summed E-state index contributed by atoms with van der Waals surface area (Å²) in [6.07, 6.45) is 0.321. The van der Waals surface area contributed by atoms with E-state index in [1.807, 2.05) is 12.1 Å². The van der Waals surface area contributed by atoms with Gasteiger partial charge < -0.3 is 9.47 Å². The van der Waals surface area contributed by atoms with Crippen molar-refractivity contribution in [2.45, 2.75) is 19.6 Å². The van der Waals surface area contributed by atoms with Crippen LogP contribution in [0.15, 0.2) is 22.7 Å². The van der Waals surface area contributed by atoms with E-state index in [0.717, 1.165) is 36.5 Å². The molecule has 1 unspecified atom stereocenters. The van der Waals surface area contributed by atoms with Gasteiger partial charge in [-0.05, 0) is 25.1 Å². The van der Waals surface area contributed by atoms with Gasteiger partial charge in [0.25, 0.3) is 0 Å². The molecule has 1 heterocycles. The third-order valence-corrected chi connectivity index (χ3v) is 3.45. The lowest BCUT2D eigenvalue weighted by atomic mass is 10.1. The van der Waals surface area contributed by atoms with E-state index in [1.165, 1.54) is 5.56 Å². The molecule has 0 aliphatic carbocycles. The summed E-state index contributed by atoms with van der Waals surface area (Å²) >= 11 is 3.50. The molecule has 1 fully saturated rings. The molecule has 0 amide bonds. The fourth-order valence-corrected chi connectivity index (χ4v) is 2.55. The van der Waals surface area contributed by atoms with Gasteiger partial charge in [-0.15, -0.1) is 0 Å². The quantitative estimate of drug-likeness (QED) is 0.856. The number of rotatable bonds is 3. The summed E-state index contributed by atoms with van der Waals surface area (Å²) in [5.74, 6) is 0.951. The second-order valence-corrected chi connectivity index (χ2v) is 5.29. The number of ether oxygens (including phenoxy) is 2. The van der Waals surface area contributed by atoms with Crippen LogP contribution in [0, 0.1) is 0 Å². The van der Waals surface area contributed by atoms with Gasteiger partial charge in [-0.1, -0.05) is 15.9 Å². The molecular weight excluding hydrogens is 282 g/mol. The highest BCUT2D eigenvalue weighted by molar-refractivity contribution is 9.10. The Hall–Kier alpha value is -0.580. The average Bonchev–Trinajstić information content (AvgIpc) is 2.29. The van der Waals surface area contributed by atoms with Crippen molar-refractivity contribution in [3.05, 3.63) is 28.2 Å². The summed E-state index contributed by atoms with van der Waals surface area (Å²) in [5.41, 5.74) is 1.22. The van der Waals surface area contributed by atoms with Crippen LogP contribution in [0.25, 0.3) is 0 Å². The van der Waals surface area contributed by atoms with Crippen LogP contribution < -0.4 is 4.74 Å². The van der Waals surface area contributed by atoms with Gasteiger partial charge in [0.05, 0.1) is 19.8 Å². The molecule has 1 atom stereocenters. The number of hydrogen-bond donors (Lipinski definition) is 0. The molecule has 0 aromatic heterocycles. The predicted molar refractivity (Wildman–Crippen MR) is 71.4 cm³/mol. The number of nitrogens with zero attached hydrogens (tertiary/aromatic N) is 1. The Morgan fingerprint density at radius 1 is 1.53 bits per heavy atom. The SMILES string of the molecule is COc1ccc(Br)cc1CN1CCOC(C)C1. The molecular formula is C13H18BrNO2. The van der Waals surface area contributed by atoms with E-state index >= 15 is 0 Å². The summed E-state index contributed by atoms with van der Waals surface area (Å²) in [6, 6.07) is 6.13. The van der Waals surface area contributed by atoms with Crippen molar-refractivity contribution in [3.63, 3.8) is 0 Å². The Bertz CT molecular complexity index is 384. The number of morpholine rings is 1. The van der Waals surface area contributed by atoms with Crippen molar-refractivity contribution in [2.75, 3.05) is 26.8 Å². The van der Waals surface area contributed by atoms with Crippen LogP contribution >= 0.6 is 15.9 Å². The van der Waals surface area contributed by atoms with E-state index in [1.54, 1.807) is 7.11 Å². The summed E-state index contributed by atoms with van der Waals surface area (Å²) < 4.78 is 12.0. The molecule has 1 aliphatic rings. The maximum Gasteiger partial charge on any atom is 0.123 e. The van der Waals surface area contributed by atoms with Crippen LogP contribution in [-0.2, 0) is 11.3 Å². The minimum Gasteiger partial charge on any atom is -0.496 e. The highest BCUT2D eigenvalue weighted by Crippen LogP contribution is 2.24. The van der Waals surface area contributed by atoms with E-state index in [4.69, 9.17) is 9.47 Å². The molecule has 1 aromatic carbocycles. The predicted octanol–water partition coefficient (Wildman–Crippen LogP) is 2.68. The van der Waals surface area contributed by atoms with Crippen molar-refractivity contribution in [2.24, 2.45) is 0 Å². The third-order valence-electron chi connectivity index (χ3n) is 2.96. The molecule has 0 saturated carbocycles. The van der Waals surface area contributed by atoms with Gasteiger partial charge >= 0.3 is 0 Å². The average molecular weight is 300 g/mol. The van der Waals surface area contributed by atoms with E-state index in [9.17, 15) is 0 Å². The summed E-state index contributed by atoms with van der Waals surface area (Å²) in [7, 11) is 1.72. The Kier molecular flexibility index (Phi) is 4.42. The van der Waals surface area contributed by atoms with Crippen LogP contribution in [0.3, 0.4) is 0 Å². The first-order valence-electron chi connectivity index (χ1n) is 5.85. The van der Waals surface area contributed by atoms with Gasteiger partial charge in [0.1, 0.15) is 5.75 Å². The molecule has 1 saturated heterocycles. The van der Waals surface area contributed by atoms with Crippen molar-refractivity contribution >= 4 is 15.9 Å². The molecule has 17 heavy (non-hydrogen) atoms. The van der Waals surface area contributed by atoms with Crippen molar-refractivity contribution in [1.82, 2.24) is 4.90 Å². The van der Waals surface area contributed by atoms with Crippen LogP contribution in [0.1, 0.15) is 12.5 Å². The summed E-state index contributed by atoms with van der Waals surface area (Å²) in [6.45, 7) is 5.81. The van der Waals surface area contributed by atoms with Gasteiger partial charge in [0.15, 0.2) is 0 Å². The third kappa shape index (κ3) is 3.44. The second kappa shape index (κ2) is 5.85. The maximum atomic E-state index is 5.54. The molecule has 0 N–H and O–H groups in total. The normalized spacial score (nSPS) is 21.5. The van der Waals surface area contributed by atoms with Gasteiger partial charge in [-0.3, -0.25) is 4.90 Å². The minimum atomic E-state index is 0.321. The Morgan fingerprint density at radius 3 is 3.06 bits per heavy atom. The largest absolute Gasteiger partial charge is 0.496 e. The number of hydrogen-bond acceptors (Lipinski definition) is 3. The molecule has 0 bridgehead atoms. The van der Waals surface area contributed by atoms with Crippen LogP contribution in [0.4, 0.5) is 0 Å². The first-order valence-corrected chi connectivity index (χ1v) is 6.64. The van der Waals surface area contributed by atoms with E-state index < -0.39 is 0 Å². The first-order chi connectivity index (χ1) is 8.19. The molecule has 2 rings (SSSR count). The lowest BCUT2D eigenvalue weighted by Gasteiger charge is -2.31. The molecule has 94 valence electrons. The molecule has 1 aromatic rings. The fraction of sp³-hybridized carbons (Fsp3) is 0.538. The smallest absolute Gasteiger partial charge is 0.123 e. The van der Waals surface area contributed by atoms with Crippen molar-refractivity contribution < 1.29 is 9.47 Å². The standard InChI is InChI=1S/C13H18BrNO2/c1-10-8-15(5-6-17-10)9-11-7-12(14)3-4-13(11)16-2/h3-4,7,10H,5-6,8-9H2,1-2H3. The Morgan fingerprint density at radius 2 is 2.35 bits per heavy atom. The van der Waals surface area contributed by atoms with E-state index in [0.29, 0.717) is 6.10 Å². The summed E-state index contributed by atoms with van der Waals surface area (Å²) in [4.78, 5) is 2.40. The van der Waals surface area contributed by atoms with Crippen LogP contribution in [0.5, 0.6) is 5.75 Å². The molecule has 0 spiro atoms. The fourth-order valence-electron chi connectivity index (χ4n) is 2.15. The zero-order valence-corrected chi connectivity index (χ0v) is 11.9. The van der Waals surface area contributed by atoms with Gasteiger partial charge in [0.2, 0.25) is 0 Å². The molecule has 1 aliphatic heterocycles. The Labute approximate surface area is 111 Å². The first kappa shape index (κ1) is 12.9. The monoisotopic (exact) mass is 299 g/mol. The van der Waals surface area contributed by atoms with Crippen molar-refractivity contribution in [3.8, 4) is 5.75 Å². The van der Waals surface area contributed by atoms with Crippen LogP contribution in [-0.4, -0.2) is 37.8 Å². The Balaban J connectivity index is 2.08. The highest BCUT2D eigenvalue weighted by Gasteiger charge is 2.18. The van der Waals surface area contributed by atoms with Crippen molar-refractivity contribution in [1.29, 1.82) is 0 Å². The molecule has 0 radical (unpaired) electrons. The van der Waals surface area contributed by atoms with E-state index in [2.05, 4.69) is 33.8 Å². The van der Waals surface area contributed by atoms with Crippen LogP contribution in [0.2, 0.25) is 0 Å². The molecule has 3 nitrogen and oxygen atoms in total. The number of methoxy groups -OCH3 is 1. The van der Waals surface area contributed by atoms with Gasteiger partial charge in [-0.2, -0.15) is 0 Å². The van der Waals surface area contributed by atoms with Gasteiger partial charge in [0, 0.05) is 29.7 Å². The number of benzene rings is 1. The zero-order chi connectivity index (χ0) is 12.3. The van der Waals surface area contributed by atoms with E-state index in [-0.39, 0.29) is 0 Å². The molecule has 4 heteroatoms. The second-order valence-electron chi connectivity index (χ2n) is 4.37. The highest BCUT2D eigenvalue weighted by atomic mass is 79.9. The van der Waals surface area contributed by atoms with Gasteiger partial charge in [-0.25, -0.2) is 0 Å². The number of halogens is 1. The minimum absolute atomic E-state index is 0.321. The lowest BCUT2D eigenvalue weighted by molar-refractivity contribution is -0.0214. The maximum absolute atomic E-state index is 5.54. The zero-order valence-electron chi connectivity index (χ0n) is 10.3. The lowest BCUT2D eigenvalue weighted by Crippen LogP contribution is -2.40.